The zero-order chi connectivity index (χ0) is 13.5. The van der Waals surface area contributed by atoms with Gasteiger partial charge < -0.3 is 10.6 Å². The summed E-state index contributed by atoms with van der Waals surface area (Å²) in [5.74, 6) is 1.61. The molecule has 0 bridgehead atoms. The minimum Gasteiger partial charge on any atom is -0.340 e. The van der Waals surface area contributed by atoms with E-state index in [1.54, 1.807) is 0 Å². The van der Waals surface area contributed by atoms with Gasteiger partial charge in [0.05, 0.1) is 0 Å². The van der Waals surface area contributed by atoms with Crippen LogP contribution < -0.4 is 5.73 Å². The molecule has 18 heavy (non-hydrogen) atoms. The van der Waals surface area contributed by atoms with Crippen molar-refractivity contribution in [2.75, 3.05) is 13.1 Å². The molecule has 1 saturated carbocycles. The number of rotatable bonds is 9. The molecule has 0 aromatic carbocycles. The third kappa shape index (κ3) is 5.85. The number of carbonyl (C=O) groups is 1. The zero-order valence-electron chi connectivity index (χ0n) is 12.3. The summed E-state index contributed by atoms with van der Waals surface area (Å²) < 4.78 is 0. The van der Waals surface area contributed by atoms with Crippen molar-refractivity contribution in [3.63, 3.8) is 0 Å². The molecule has 106 valence electrons. The van der Waals surface area contributed by atoms with Gasteiger partial charge in [0.15, 0.2) is 0 Å². The van der Waals surface area contributed by atoms with Crippen LogP contribution in [0.2, 0.25) is 0 Å². The lowest BCUT2D eigenvalue weighted by Crippen LogP contribution is -2.34. The largest absolute Gasteiger partial charge is 0.340 e. The Hall–Kier alpha value is -0.570. The van der Waals surface area contributed by atoms with Gasteiger partial charge >= 0.3 is 0 Å². The molecular formula is C15H30N2O. The average Bonchev–Trinajstić information content (AvgIpc) is 3.11. The highest BCUT2D eigenvalue weighted by atomic mass is 16.2. The Morgan fingerprint density at radius 2 is 1.89 bits per heavy atom. The van der Waals surface area contributed by atoms with Crippen LogP contribution >= 0.6 is 0 Å². The summed E-state index contributed by atoms with van der Waals surface area (Å²) in [4.78, 5) is 14.4. The van der Waals surface area contributed by atoms with E-state index >= 15 is 0 Å². The predicted octanol–water partition coefficient (Wildman–Crippen LogP) is 2.79. The average molecular weight is 254 g/mol. The summed E-state index contributed by atoms with van der Waals surface area (Å²) in [7, 11) is 0. The molecule has 0 heterocycles. The minimum absolute atomic E-state index is 0.363. The van der Waals surface area contributed by atoms with Crippen LogP contribution in [0.15, 0.2) is 0 Å². The molecule has 0 saturated heterocycles. The molecular weight excluding hydrogens is 224 g/mol. The molecule has 3 nitrogen and oxygen atoms in total. The summed E-state index contributed by atoms with van der Waals surface area (Å²) in [6.07, 6.45) is 6.27. The van der Waals surface area contributed by atoms with E-state index in [1.807, 2.05) is 0 Å². The molecule has 0 aromatic heterocycles. The van der Waals surface area contributed by atoms with E-state index < -0.39 is 0 Å². The van der Waals surface area contributed by atoms with Crippen LogP contribution in [0.3, 0.4) is 0 Å². The van der Waals surface area contributed by atoms with Crippen molar-refractivity contribution >= 4 is 5.91 Å². The van der Waals surface area contributed by atoms with Crippen molar-refractivity contribution in [1.82, 2.24) is 4.90 Å². The highest BCUT2D eigenvalue weighted by molar-refractivity contribution is 5.76. The first-order chi connectivity index (χ1) is 8.54. The molecule has 0 radical (unpaired) electrons. The van der Waals surface area contributed by atoms with Crippen LogP contribution in [0.5, 0.6) is 0 Å². The molecule has 1 aliphatic carbocycles. The standard InChI is InChI=1S/C15H30N2O/c1-12(2)9-11-17(14-5-6-14)15(18)7-4-13(3)8-10-16/h12-14H,4-11,16H2,1-3H3. The first-order valence-electron chi connectivity index (χ1n) is 7.54. The molecule has 0 aliphatic heterocycles. The highest BCUT2D eigenvalue weighted by Gasteiger charge is 2.31. The van der Waals surface area contributed by atoms with Gasteiger partial charge in [-0.15, -0.1) is 0 Å². The monoisotopic (exact) mass is 254 g/mol. The van der Waals surface area contributed by atoms with Gasteiger partial charge in [-0.3, -0.25) is 4.79 Å². The van der Waals surface area contributed by atoms with Gasteiger partial charge in [0.1, 0.15) is 0 Å². The first kappa shape index (κ1) is 15.5. The van der Waals surface area contributed by atoms with Crippen LogP contribution in [0.25, 0.3) is 0 Å². The normalized spacial score (nSPS) is 16.9. The molecule has 1 fully saturated rings. The summed E-state index contributed by atoms with van der Waals surface area (Å²) in [5.41, 5.74) is 5.54. The molecule has 1 atom stereocenters. The number of nitrogens with zero attached hydrogens (tertiary/aromatic N) is 1. The van der Waals surface area contributed by atoms with Gasteiger partial charge in [-0.1, -0.05) is 20.8 Å². The van der Waals surface area contributed by atoms with E-state index in [4.69, 9.17) is 5.73 Å². The third-order valence-electron chi connectivity index (χ3n) is 3.77. The van der Waals surface area contributed by atoms with Crippen LogP contribution in [0.4, 0.5) is 0 Å². The Labute approximate surface area is 112 Å². The molecule has 1 rings (SSSR count). The second-order valence-corrected chi connectivity index (χ2v) is 6.22. The molecule has 1 amide bonds. The summed E-state index contributed by atoms with van der Waals surface area (Å²) >= 11 is 0. The Morgan fingerprint density at radius 3 is 2.39 bits per heavy atom. The Balaban J connectivity index is 2.30. The topological polar surface area (TPSA) is 46.3 Å². The lowest BCUT2D eigenvalue weighted by Gasteiger charge is -2.24. The van der Waals surface area contributed by atoms with Crippen LogP contribution in [0.1, 0.15) is 59.3 Å². The SMILES string of the molecule is CC(C)CCN(C(=O)CCC(C)CCN)C1CC1. The molecule has 3 heteroatoms. The van der Waals surface area contributed by atoms with Crippen LogP contribution in [0, 0.1) is 11.8 Å². The van der Waals surface area contributed by atoms with Crippen molar-refractivity contribution in [2.45, 2.75) is 65.3 Å². The van der Waals surface area contributed by atoms with Gasteiger partial charge in [0.25, 0.3) is 0 Å². The van der Waals surface area contributed by atoms with E-state index in [2.05, 4.69) is 25.7 Å². The maximum Gasteiger partial charge on any atom is 0.222 e. The van der Waals surface area contributed by atoms with E-state index in [0.717, 1.165) is 32.4 Å². The molecule has 0 aromatic rings. The Kier molecular flexibility index (Phi) is 6.69. The second kappa shape index (κ2) is 7.78. The highest BCUT2D eigenvalue weighted by Crippen LogP contribution is 2.28. The maximum atomic E-state index is 12.2. The summed E-state index contributed by atoms with van der Waals surface area (Å²) in [6, 6.07) is 0.557. The van der Waals surface area contributed by atoms with Gasteiger partial charge in [0, 0.05) is 19.0 Å². The number of amides is 1. The van der Waals surface area contributed by atoms with Crippen molar-refractivity contribution in [1.29, 1.82) is 0 Å². The van der Waals surface area contributed by atoms with Gasteiger partial charge in [-0.25, -0.2) is 0 Å². The van der Waals surface area contributed by atoms with Gasteiger partial charge in [-0.2, -0.15) is 0 Å². The molecule has 0 spiro atoms. The predicted molar refractivity (Wildman–Crippen MR) is 76.3 cm³/mol. The fourth-order valence-corrected chi connectivity index (χ4v) is 2.24. The minimum atomic E-state index is 0.363. The second-order valence-electron chi connectivity index (χ2n) is 6.22. The van der Waals surface area contributed by atoms with Crippen molar-refractivity contribution < 1.29 is 4.79 Å². The number of nitrogens with two attached hydrogens (primary N) is 1. The van der Waals surface area contributed by atoms with Gasteiger partial charge in [0.2, 0.25) is 5.91 Å². The molecule has 1 aliphatic rings. The van der Waals surface area contributed by atoms with Gasteiger partial charge in [-0.05, 0) is 50.5 Å². The van der Waals surface area contributed by atoms with E-state index in [9.17, 15) is 4.79 Å². The van der Waals surface area contributed by atoms with Crippen LogP contribution in [-0.4, -0.2) is 29.9 Å². The smallest absolute Gasteiger partial charge is 0.222 e. The summed E-state index contributed by atoms with van der Waals surface area (Å²) in [5, 5.41) is 0. The number of carbonyl (C=O) groups excluding carboxylic acids is 1. The number of hydrogen-bond acceptors (Lipinski definition) is 2. The van der Waals surface area contributed by atoms with E-state index in [0.29, 0.717) is 30.2 Å². The van der Waals surface area contributed by atoms with E-state index in [1.165, 1.54) is 12.8 Å². The number of hydrogen-bond donors (Lipinski definition) is 1. The fraction of sp³-hybridized carbons (Fsp3) is 0.933. The third-order valence-corrected chi connectivity index (χ3v) is 3.77. The molecule has 2 N–H and O–H groups in total. The van der Waals surface area contributed by atoms with Crippen molar-refractivity contribution in [3.05, 3.63) is 0 Å². The van der Waals surface area contributed by atoms with Crippen LogP contribution in [-0.2, 0) is 4.79 Å². The maximum absolute atomic E-state index is 12.2. The van der Waals surface area contributed by atoms with Crippen molar-refractivity contribution in [3.8, 4) is 0 Å². The Morgan fingerprint density at radius 1 is 1.22 bits per heavy atom. The van der Waals surface area contributed by atoms with E-state index in [-0.39, 0.29) is 0 Å². The molecule has 1 unspecified atom stereocenters. The fourth-order valence-electron chi connectivity index (χ4n) is 2.24. The summed E-state index contributed by atoms with van der Waals surface area (Å²) in [6.45, 7) is 8.31. The lowest BCUT2D eigenvalue weighted by atomic mass is 10.0. The zero-order valence-corrected chi connectivity index (χ0v) is 12.3. The lowest BCUT2D eigenvalue weighted by molar-refractivity contribution is -0.132. The quantitative estimate of drug-likeness (QED) is 0.687. The van der Waals surface area contributed by atoms with Crippen molar-refractivity contribution in [2.24, 2.45) is 17.6 Å². The Bertz CT molecular complexity index is 249. The first-order valence-corrected chi connectivity index (χ1v) is 7.54.